The molecular weight excluding hydrogens is 246 g/mol. The van der Waals surface area contributed by atoms with E-state index in [9.17, 15) is 4.79 Å². The van der Waals surface area contributed by atoms with Gasteiger partial charge in [0.15, 0.2) is 0 Å². The Hall–Kier alpha value is -0.870. The molecule has 2 N–H and O–H groups in total. The van der Waals surface area contributed by atoms with Gasteiger partial charge in [-0.3, -0.25) is 4.79 Å². The number of hydrogen-bond donors (Lipinski definition) is 1. The van der Waals surface area contributed by atoms with Crippen LogP contribution in [0.3, 0.4) is 0 Å². The second-order valence-corrected chi connectivity index (χ2v) is 6.04. The van der Waals surface area contributed by atoms with Crippen molar-refractivity contribution >= 4 is 17.3 Å². The van der Waals surface area contributed by atoms with Crippen LogP contribution in [0.5, 0.6) is 0 Å². The molecule has 2 rings (SSSR count). The van der Waals surface area contributed by atoms with Crippen LogP contribution in [0.2, 0.25) is 0 Å². The Bertz CT molecular complexity index is 429. The number of hydrogen-bond acceptors (Lipinski definition) is 4. The van der Waals surface area contributed by atoms with Gasteiger partial charge in [0.25, 0.3) is 0 Å². The summed E-state index contributed by atoms with van der Waals surface area (Å²) in [5.74, 6) is -0.155. The van der Waals surface area contributed by atoms with E-state index in [2.05, 4.69) is 18.4 Å². The second kappa shape index (κ2) is 5.41. The van der Waals surface area contributed by atoms with E-state index in [1.165, 1.54) is 17.6 Å². The third-order valence-electron chi connectivity index (χ3n) is 4.15. The van der Waals surface area contributed by atoms with Gasteiger partial charge >= 0.3 is 5.97 Å². The number of carbonyl (C=O) groups is 1. The molecular formula is C14H21NO2S. The minimum absolute atomic E-state index is 0.0187. The van der Waals surface area contributed by atoms with Gasteiger partial charge in [-0.05, 0) is 42.7 Å². The van der Waals surface area contributed by atoms with Crippen LogP contribution in [0.4, 0.5) is 0 Å². The molecule has 4 heteroatoms. The molecule has 0 aliphatic heterocycles. The number of fused-ring (bicyclic) bond motifs is 1. The van der Waals surface area contributed by atoms with Gasteiger partial charge < -0.3 is 10.5 Å². The maximum atomic E-state index is 11.8. The second-order valence-electron chi connectivity index (χ2n) is 5.03. The number of rotatable bonds is 4. The summed E-state index contributed by atoms with van der Waals surface area (Å²) in [5.41, 5.74) is 7.43. The number of nitrogens with two attached hydrogens (primary N) is 1. The number of aryl methyl sites for hydroxylation is 1. The lowest BCUT2D eigenvalue weighted by molar-refractivity contribution is -0.142. The highest BCUT2D eigenvalue weighted by Gasteiger charge is 2.43. The monoisotopic (exact) mass is 267 g/mol. The predicted molar refractivity (Wildman–Crippen MR) is 73.8 cm³/mol. The zero-order valence-corrected chi connectivity index (χ0v) is 11.9. The molecule has 18 heavy (non-hydrogen) atoms. The van der Waals surface area contributed by atoms with Crippen molar-refractivity contribution in [1.29, 1.82) is 0 Å². The molecule has 0 saturated heterocycles. The number of esters is 1. The van der Waals surface area contributed by atoms with Crippen LogP contribution in [-0.2, 0) is 21.4 Å². The van der Waals surface area contributed by atoms with Crippen molar-refractivity contribution < 1.29 is 9.53 Å². The Labute approximate surface area is 112 Å². The average molecular weight is 267 g/mol. The molecule has 1 aliphatic carbocycles. The van der Waals surface area contributed by atoms with Gasteiger partial charge in [-0.1, -0.05) is 6.92 Å². The quantitative estimate of drug-likeness (QED) is 0.853. The van der Waals surface area contributed by atoms with E-state index in [1.807, 2.05) is 0 Å². The van der Waals surface area contributed by atoms with Crippen LogP contribution in [0.25, 0.3) is 0 Å². The summed E-state index contributed by atoms with van der Waals surface area (Å²) in [6.45, 7) is 2.09. The molecule has 0 amide bonds. The van der Waals surface area contributed by atoms with Crippen LogP contribution in [0.1, 0.15) is 43.0 Å². The van der Waals surface area contributed by atoms with Crippen molar-refractivity contribution in [3.8, 4) is 0 Å². The lowest BCUT2D eigenvalue weighted by Gasteiger charge is -2.41. The van der Waals surface area contributed by atoms with E-state index < -0.39 is 0 Å². The summed E-state index contributed by atoms with van der Waals surface area (Å²) in [5, 5.41) is 2.12. The molecule has 0 saturated carbocycles. The molecule has 0 aromatic carbocycles. The molecule has 2 unspecified atom stereocenters. The fraction of sp³-hybridized carbons (Fsp3) is 0.643. The zero-order valence-electron chi connectivity index (χ0n) is 11.1. The van der Waals surface area contributed by atoms with Gasteiger partial charge in [0.05, 0.1) is 13.5 Å². The molecule has 1 aliphatic rings. The third-order valence-corrected chi connectivity index (χ3v) is 5.13. The SMILES string of the molecule is CCC(N)C1(CC(=O)OC)CCCc2sccc21. The highest BCUT2D eigenvalue weighted by atomic mass is 32.1. The average Bonchev–Trinajstić information content (AvgIpc) is 2.87. The van der Waals surface area contributed by atoms with Crippen molar-refractivity contribution in [2.45, 2.75) is 50.5 Å². The van der Waals surface area contributed by atoms with Crippen molar-refractivity contribution in [2.75, 3.05) is 7.11 Å². The third kappa shape index (κ3) is 2.19. The number of methoxy groups -OCH3 is 1. The summed E-state index contributed by atoms with van der Waals surface area (Å²) >= 11 is 1.78. The van der Waals surface area contributed by atoms with E-state index in [4.69, 9.17) is 10.5 Å². The van der Waals surface area contributed by atoms with Crippen LogP contribution in [-0.4, -0.2) is 19.1 Å². The standard InChI is InChI=1S/C14H21NO2S/c1-3-12(15)14(9-13(16)17-2)7-4-5-11-10(14)6-8-18-11/h6,8,12H,3-5,7,9,15H2,1-2H3. The summed E-state index contributed by atoms with van der Waals surface area (Å²) < 4.78 is 4.87. The summed E-state index contributed by atoms with van der Waals surface area (Å²) in [4.78, 5) is 13.2. The van der Waals surface area contributed by atoms with Crippen molar-refractivity contribution in [1.82, 2.24) is 0 Å². The topological polar surface area (TPSA) is 52.3 Å². The first-order valence-electron chi connectivity index (χ1n) is 6.53. The molecule has 1 aromatic rings. The Kier molecular flexibility index (Phi) is 4.07. The summed E-state index contributed by atoms with van der Waals surface area (Å²) in [6, 6.07) is 2.17. The minimum Gasteiger partial charge on any atom is -0.469 e. The smallest absolute Gasteiger partial charge is 0.306 e. The maximum absolute atomic E-state index is 11.8. The molecule has 1 heterocycles. The van der Waals surface area contributed by atoms with Crippen molar-refractivity contribution in [2.24, 2.45) is 5.73 Å². The zero-order chi connectivity index (χ0) is 13.2. The Morgan fingerprint density at radius 1 is 1.67 bits per heavy atom. The molecule has 1 aromatic heterocycles. The predicted octanol–water partition coefficient (Wildman–Crippen LogP) is 2.62. The summed E-state index contributed by atoms with van der Waals surface area (Å²) in [7, 11) is 1.45. The van der Waals surface area contributed by atoms with Crippen molar-refractivity contribution in [3.05, 3.63) is 21.9 Å². The molecule has 0 radical (unpaired) electrons. The van der Waals surface area contributed by atoms with Gasteiger partial charge in [-0.25, -0.2) is 0 Å². The highest BCUT2D eigenvalue weighted by molar-refractivity contribution is 7.10. The Morgan fingerprint density at radius 3 is 3.11 bits per heavy atom. The molecule has 0 bridgehead atoms. The first-order valence-corrected chi connectivity index (χ1v) is 7.41. The Morgan fingerprint density at radius 2 is 2.44 bits per heavy atom. The highest BCUT2D eigenvalue weighted by Crippen LogP contribution is 2.45. The molecule has 3 nitrogen and oxygen atoms in total. The molecule has 0 fully saturated rings. The Balaban J connectivity index is 2.41. The fourth-order valence-corrected chi connectivity index (χ4v) is 4.13. The number of thiophene rings is 1. The molecule has 2 atom stereocenters. The molecule has 100 valence electrons. The van der Waals surface area contributed by atoms with E-state index in [0.717, 1.165) is 25.7 Å². The van der Waals surface area contributed by atoms with Crippen molar-refractivity contribution in [3.63, 3.8) is 0 Å². The maximum Gasteiger partial charge on any atom is 0.306 e. The van der Waals surface area contributed by atoms with Gasteiger partial charge in [0.2, 0.25) is 0 Å². The largest absolute Gasteiger partial charge is 0.469 e. The first-order chi connectivity index (χ1) is 8.64. The number of ether oxygens (including phenoxy) is 1. The lowest BCUT2D eigenvalue weighted by atomic mass is 9.65. The van der Waals surface area contributed by atoms with Crippen LogP contribution in [0.15, 0.2) is 11.4 Å². The van der Waals surface area contributed by atoms with Crippen LogP contribution < -0.4 is 5.73 Å². The van der Waals surface area contributed by atoms with E-state index in [1.54, 1.807) is 11.3 Å². The minimum atomic E-state index is -0.213. The first kappa shape index (κ1) is 13.6. The van der Waals surface area contributed by atoms with E-state index >= 15 is 0 Å². The van der Waals surface area contributed by atoms with E-state index in [-0.39, 0.29) is 17.4 Å². The fourth-order valence-electron chi connectivity index (χ4n) is 3.10. The van der Waals surface area contributed by atoms with E-state index in [0.29, 0.717) is 6.42 Å². The molecule has 0 spiro atoms. The van der Waals surface area contributed by atoms with Gasteiger partial charge in [-0.2, -0.15) is 0 Å². The number of carbonyl (C=O) groups excluding carboxylic acids is 1. The normalized spacial score (nSPS) is 24.4. The van der Waals surface area contributed by atoms with Gasteiger partial charge in [0.1, 0.15) is 0 Å². The van der Waals surface area contributed by atoms with Gasteiger partial charge in [0, 0.05) is 16.3 Å². The van der Waals surface area contributed by atoms with Gasteiger partial charge in [-0.15, -0.1) is 11.3 Å². The van der Waals surface area contributed by atoms with Crippen LogP contribution >= 0.6 is 11.3 Å². The van der Waals surface area contributed by atoms with Crippen LogP contribution in [0, 0.1) is 0 Å². The summed E-state index contributed by atoms with van der Waals surface area (Å²) in [6.07, 6.45) is 4.50. The lowest BCUT2D eigenvalue weighted by Crippen LogP contribution is -2.48.